The highest BCUT2D eigenvalue weighted by Crippen LogP contribution is 2.35. The van der Waals surface area contributed by atoms with Crippen LogP contribution in [-0.2, 0) is 4.79 Å². The van der Waals surface area contributed by atoms with Crippen molar-refractivity contribution in [2.24, 2.45) is 5.73 Å². The monoisotopic (exact) mass is 362 g/mol. The molecule has 24 heavy (non-hydrogen) atoms. The van der Waals surface area contributed by atoms with Gasteiger partial charge in [0.15, 0.2) is 0 Å². The van der Waals surface area contributed by atoms with Crippen molar-refractivity contribution in [3.63, 3.8) is 0 Å². The molecule has 0 saturated heterocycles. The fourth-order valence-corrected chi connectivity index (χ4v) is 4.09. The Kier molecular flexibility index (Phi) is 7.16. The quantitative estimate of drug-likeness (QED) is 0.804. The Hall–Kier alpha value is -1.49. The normalized spacial score (nSPS) is 15.5. The van der Waals surface area contributed by atoms with E-state index >= 15 is 0 Å². The van der Waals surface area contributed by atoms with Gasteiger partial charge in [0, 0.05) is 15.8 Å². The van der Waals surface area contributed by atoms with Gasteiger partial charge in [-0.25, -0.2) is 0 Å². The van der Waals surface area contributed by atoms with E-state index < -0.39 is 6.04 Å². The molecule has 1 fully saturated rings. The van der Waals surface area contributed by atoms with Gasteiger partial charge in [0.1, 0.15) is 6.04 Å². The molecule has 0 bridgehead atoms. The molecule has 1 saturated carbocycles. The lowest BCUT2D eigenvalue weighted by Gasteiger charge is -2.13. The molecule has 128 valence electrons. The average Bonchev–Trinajstić information content (AvgIpc) is 3.10. The van der Waals surface area contributed by atoms with E-state index in [4.69, 9.17) is 5.73 Å². The average molecular weight is 363 g/mol. The van der Waals surface area contributed by atoms with Crippen LogP contribution in [0.4, 0.5) is 5.69 Å². The molecule has 0 aliphatic heterocycles. The summed E-state index contributed by atoms with van der Waals surface area (Å²) >= 11 is 1.94. The van der Waals surface area contributed by atoms with E-state index in [9.17, 15) is 4.79 Å². The van der Waals surface area contributed by atoms with Crippen molar-refractivity contribution in [3.05, 3.63) is 60.2 Å². The van der Waals surface area contributed by atoms with Crippen molar-refractivity contribution in [2.45, 2.75) is 41.9 Å². The number of rotatable bonds is 5. The Morgan fingerprint density at radius 3 is 2.29 bits per heavy atom. The lowest BCUT2D eigenvalue weighted by atomic mass is 10.1. The fraction of sp³-hybridized carbons (Fsp3) is 0.316. The van der Waals surface area contributed by atoms with Crippen LogP contribution in [0.2, 0.25) is 0 Å². The molecule has 0 aromatic heterocycles. The molecule has 0 radical (unpaired) electrons. The molecule has 1 amide bonds. The van der Waals surface area contributed by atoms with E-state index in [0.29, 0.717) is 0 Å². The van der Waals surface area contributed by atoms with E-state index in [-0.39, 0.29) is 18.3 Å². The Morgan fingerprint density at radius 2 is 1.67 bits per heavy atom. The molecule has 5 heteroatoms. The zero-order chi connectivity index (χ0) is 16.1. The molecule has 1 aliphatic rings. The van der Waals surface area contributed by atoms with Crippen LogP contribution >= 0.6 is 24.2 Å². The maximum absolute atomic E-state index is 12.2. The van der Waals surface area contributed by atoms with E-state index in [1.54, 1.807) is 0 Å². The summed E-state index contributed by atoms with van der Waals surface area (Å²) in [5, 5.41) is 3.64. The minimum absolute atomic E-state index is 0. The van der Waals surface area contributed by atoms with Crippen molar-refractivity contribution in [1.29, 1.82) is 0 Å². The van der Waals surface area contributed by atoms with Crippen molar-refractivity contribution in [3.8, 4) is 0 Å². The molecule has 1 aliphatic carbocycles. The number of nitrogens with one attached hydrogen (secondary N) is 1. The number of hydrogen-bond acceptors (Lipinski definition) is 3. The molecule has 0 heterocycles. The van der Waals surface area contributed by atoms with E-state index in [2.05, 4.69) is 17.4 Å². The molecule has 2 aromatic carbocycles. The number of carbonyl (C=O) groups is 1. The second-order valence-corrected chi connectivity index (χ2v) is 7.30. The van der Waals surface area contributed by atoms with Gasteiger partial charge < -0.3 is 11.1 Å². The van der Waals surface area contributed by atoms with Crippen LogP contribution < -0.4 is 11.1 Å². The minimum Gasteiger partial charge on any atom is -0.324 e. The number of amides is 1. The lowest BCUT2D eigenvalue weighted by molar-refractivity contribution is -0.117. The van der Waals surface area contributed by atoms with Crippen molar-refractivity contribution in [2.75, 3.05) is 5.32 Å². The summed E-state index contributed by atoms with van der Waals surface area (Å²) in [5.74, 6) is -0.188. The van der Waals surface area contributed by atoms with Gasteiger partial charge in [-0.2, -0.15) is 0 Å². The van der Waals surface area contributed by atoms with Crippen LogP contribution in [0.5, 0.6) is 0 Å². The van der Waals surface area contributed by atoms with Crippen LogP contribution in [0.25, 0.3) is 0 Å². The maximum atomic E-state index is 12.2. The topological polar surface area (TPSA) is 55.1 Å². The summed E-state index contributed by atoms with van der Waals surface area (Å²) in [6.07, 6.45) is 5.33. The third-order valence-corrected chi connectivity index (χ3v) is 5.52. The van der Waals surface area contributed by atoms with Crippen LogP contribution in [0.3, 0.4) is 0 Å². The van der Waals surface area contributed by atoms with Crippen molar-refractivity contribution in [1.82, 2.24) is 0 Å². The molecule has 3 rings (SSSR count). The Morgan fingerprint density at radius 1 is 1.04 bits per heavy atom. The zero-order valence-electron chi connectivity index (χ0n) is 13.5. The first-order chi connectivity index (χ1) is 11.2. The van der Waals surface area contributed by atoms with Crippen LogP contribution in [0.1, 0.15) is 37.3 Å². The Bertz CT molecular complexity index is 642. The second-order valence-electron chi connectivity index (χ2n) is 5.93. The Balaban J connectivity index is 0.00000208. The standard InChI is InChI=1S/C19H22N2OS.ClH/c20-18(14-6-2-1-3-7-14)19(22)21-15-10-12-17(13-11-15)23-16-8-4-5-9-16;/h1-3,6-7,10-13,16,18H,4-5,8-9,20H2,(H,21,22);1H. The van der Waals surface area contributed by atoms with Gasteiger partial charge in [0.2, 0.25) is 5.91 Å². The molecule has 3 nitrogen and oxygen atoms in total. The first kappa shape index (κ1) is 18.8. The third-order valence-electron chi connectivity index (χ3n) is 4.17. The molecule has 1 atom stereocenters. The zero-order valence-corrected chi connectivity index (χ0v) is 15.1. The first-order valence-corrected chi connectivity index (χ1v) is 8.98. The highest BCUT2D eigenvalue weighted by molar-refractivity contribution is 8.00. The predicted molar refractivity (Wildman–Crippen MR) is 104 cm³/mol. The highest BCUT2D eigenvalue weighted by Gasteiger charge is 2.17. The number of anilines is 1. The van der Waals surface area contributed by atoms with Gasteiger partial charge >= 0.3 is 0 Å². The summed E-state index contributed by atoms with van der Waals surface area (Å²) in [7, 11) is 0. The van der Waals surface area contributed by atoms with Gasteiger partial charge in [0.05, 0.1) is 0 Å². The van der Waals surface area contributed by atoms with Gasteiger partial charge in [-0.15, -0.1) is 24.2 Å². The molecule has 1 unspecified atom stereocenters. The number of thioether (sulfide) groups is 1. The smallest absolute Gasteiger partial charge is 0.245 e. The second kappa shape index (κ2) is 9.11. The van der Waals surface area contributed by atoms with Gasteiger partial charge in [-0.3, -0.25) is 4.79 Å². The van der Waals surface area contributed by atoms with E-state index in [1.165, 1.54) is 30.6 Å². The first-order valence-electron chi connectivity index (χ1n) is 8.10. The summed E-state index contributed by atoms with van der Waals surface area (Å²) < 4.78 is 0. The number of benzene rings is 2. The Labute approximate surface area is 153 Å². The summed E-state index contributed by atoms with van der Waals surface area (Å²) in [6, 6.07) is 16.8. The molecular formula is C19H23ClN2OS. The minimum atomic E-state index is -0.649. The summed E-state index contributed by atoms with van der Waals surface area (Å²) in [4.78, 5) is 13.5. The number of hydrogen-bond donors (Lipinski definition) is 2. The van der Waals surface area contributed by atoms with E-state index in [1.807, 2.05) is 54.2 Å². The SMILES string of the molecule is Cl.NC(C(=O)Nc1ccc(SC2CCCC2)cc1)c1ccccc1. The highest BCUT2D eigenvalue weighted by atomic mass is 35.5. The summed E-state index contributed by atoms with van der Waals surface area (Å²) in [5.41, 5.74) is 7.62. The third kappa shape index (κ3) is 5.00. The van der Waals surface area contributed by atoms with Gasteiger partial charge in [-0.05, 0) is 42.7 Å². The lowest BCUT2D eigenvalue weighted by Crippen LogP contribution is -2.27. The number of halogens is 1. The molecule has 0 spiro atoms. The predicted octanol–water partition coefficient (Wildman–Crippen LogP) is 4.78. The van der Waals surface area contributed by atoms with Crippen molar-refractivity contribution >= 4 is 35.8 Å². The molecule has 3 N–H and O–H groups in total. The van der Waals surface area contributed by atoms with Crippen molar-refractivity contribution < 1.29 is 4.79 Å². The molecule has 2 aromatic rings. The van der Waals surface area contributed by atoms with Gasteiger partial charge in [0.25, 0.3) is 0 Å². The van der Waals surface area contributed by atoms with Crippen LogP contribution in [0.15, 0.2) is 59.5 Å². The van der Waals surface area contributed by atoms with E-state index in [0.717, 1.165) is 16.5 Å². The largest absolute Gasteiger partial charge is 0.324 e. The fourth-order valence-electron chi connectivity index (χ4n) is 2.85. The number of carbonyl (C=O) groups excluding carboxylic acids is 1. The van der Waals surface area contributed by atoms with Gasteiger partial charge in [-0.1, -0.05) is 43.2 Å². The molecular weight excluding hydrogens is 340 g/mol. The summed E-state index contributed by atoms with van der Waals surface area (Å²) in [6.45, 7) is 0. The number of nitrogens with two attached hydrogens (primary N) is 1. The van der Waals surface area contributed by atoms with Crippen LogP contribution in [0, 0.1) is 0 Å². The van der Waals surface area contributed by atoms with Crippen LogP contribution in [-0.4, -0.2) is 11.2 Å². The maximum Gasteiger partial charge on any atom is 0.245 e.